The van der Waals surface area contributed by atoms with Crippen LogP contribution in [0.2, 0.25) is 0 Å². The average molecular weight is 329 g/mol. The first-order valence-electron chi connectivity index (χ1n) is 9.91. The van der Waals surface area contributed by atoms with Gasteiger partial charge in [0.25, 0.3) is 0 Å². The summed E-state index contributed by atoms with van der Waals surface area (Å²) >= 11 is 0. The van der Waals surface area contributed by atoms with E-state index < -0.39 is 0 Å². The number of anilines is 1. The molecule has 2 fully saturated rings. The summed E-state index contributed by atoms with van der Waals surface area (Å²) in [6.07, 6.45) is 5.66. The van der Waals surface area contributed by atoms with Gasteiger partial charge in [0.1, 0.15) is 0 Å². The number of nitrogens with zero attached hydrogens (tertiary/aromatic N) is 2. The molecule has 1 aromatic rings. The van der Waals surface area contributed by atoms with Crippen LogP contribution >= 0.6 is 0 Å². The fourth-order valence-corrected chi connectivity index (χ4v) is 4.70. The molecule has 0 N–H and O–H groups in total. The molecule has 1 heterocycles. The maximum Gasteiger partial charge on any atom is 0.0399 e. The molecular weight excluding hydrogens is 292 g/mol. The van der Waals surface area contributed by atoms with Gasteiger partial charge in [-0.3, -0.25) is 4.90 Å². The Morgan fingerprint density at radius 3 is 2.08 bits per heavy atom. The van der Waals surface area contributed by atoms with Crippen molar-refractivity contribution in [2.75, 3.05) is 31.1 Å². The van der Waals surface area contributed by atoms with Crippen molar-refractivity contribution in [3.63, 3.8) is 0 Å². The molecule has 24 heavy (non-hydrogen) atoms. The third-order valence-electron chi connectivity index (χ3n) is 6.46. The third kappa shape index (κ3) is 3.96. The predicted octanol–water partition coefficient (Wildman–Crippen LogP) is 5.03. The minimum atomic E-state index is 0.492. The molecule has 2 aliphatic rings. The van der Waals surface area contributed by atoms with E-state index in [0.29, 0.717) is 5.41 Å². The van der Waals surface area contributed by atoms with E-state index in [1.54, 1.807) is 0 Å². The van der Waals surface area contributed by atoms with Gasteiger partial charge >= 0.3 is 0 Å². The Morgan fingerprint density at radius 2 is 1.50 bits per heavy atom. The molecule has 2 nitrogen and oxygen atoms in total. The summed E-state index contributed by atoms with van der Waals surface area (Å²) in [4.78, 5) is 5.38. The van der Waals surface area contributed by atoms with E-state index in [4.69, 9.17) is 0 Å². The molecule has 1 aliphatic carbocycles. The summed E-state index contributed by atoms with van der Waals surface area (Å²) in [5.74, 6) is 0.921. The number of hydrogen-bond acceptors (Lipinski definition) is 2. The Labute approximate surface area is 149 Å². The van der Waals surface area contributed by atoms with Crippen LogP contribution in [0.5, 0.6) is 0 Å². The van der Waals surface area contributed by atoms with Gasteiger partial charge in [0.05, 0.1) is 0 Å². The highest BCUT2D eigenvalue weighted by Crippen LogP contribution is 2.39. The Balaban J connectivity index is 1.54. The van der Waals surface area contributed by atoms with Crippen LogP contribution in [-0.4, -0.2) is 37.1 Å². The van der Waals surface area contributed by atoms with Gasteiger partial charge in [-0.05, 0) is 68.1 Å². The molecule has 0 radical (unpaired) electrons. The molecular formula is C22H36N2. The van der Waals surface area contributed by atoms with E-state index in [1.807, 2.05) is 0 Å². The zero-order valence-electron chi connectivity index (χ0n) is 16.4. The van der Waals surface area contributed by atoms with Crippen LogP contribution in [0.1, 0.15) is 57.6 Å². The van der Waals surface area contributed by atoms with E-state index in [2.05, 4.69) is 62.6 Å². The molecule has 0 atom stereocenters. The van der Waals surface area contributed by atoms with Crippen LogP contribution in [0.15, 0.2) is 18.2 Å². The second kappa shape index (κ2) is 7.07. The quantitative estimate of drug-likeness (QED) is 0.751. The molecule has 1 aromatic carbocycles. The fourth-order valence-electron chi connectivity index (χ4n) is 4.70. The lowest BCUT2D eigenvalue weighted by atomic mass is 9.71. The molecule has 2 heteroatoms. The molecule has 0 unspecified atom stereocenters. The lowest BCUT2D eigenvalue weighted by Gasteiger charge is -2.44. The molecule has 1 saturated heterocycles. The first kappa shape index (κ1) is 17.8. The molecule has 134 valence electrons. The maximum atomic E-state index is 2.78. The first-order chi connectivity index (χ1) is 11.3. The fraction of sp³-hybridized carbons (Fsp3) is 0.727. The maximum absolute atomic E-state index is 2.78. The monoisotopic (exact) mass is 328 g/mol. The molecule has 1 aliphatic heterocycles. The Bertz CT molecular complexity index is 542. The van der Waals surface area contributed by atoms with Crippen molar-refractivity contribution in [3.8, 4) is 0 Å². The first-order valence-corrected chi connectivity index (χ1v) is 9.91. The van der Waals surface area contributed by atoms with Crippen molar-refractivity contribution in [2.45, 2.75) is 66.3 Å². The minimum Gasteiger partial charge on any atom is -0.369 e. The Morgan fingerprint density at radius 1 is 0.875 bits per heavy atom. The largest absolute Gasteiger partial charge is 0.369 e. The SMILES string of the molecule is Cc1ccc(C)c(N2CCN(C3CCC(C(C)(C)C)CC3)CC2)c1. The Hall–Kier alpha value is -1.02. The lowest BCUT2D eigenvalue weighted by molar-refractivity contribution is 0.0917. The van der Waals surface area contributed by atoms with Crippen molar-refractivity contribution in [2.24, 2.45) is 11.3 Å². The highest BCUT2D eigenvalue weighted by Gasteiger charge is 2.33. The molecule has 0 amide bonds. The van der Waals surface area contributed by atoms with Crippen LogP contribution in [0.4, 0.5) is 5.69 Å². The summed E-state index contributed by atoms with van der Waals surface area (Å²) in [5, 5.41) is 0. The van der Waals surface area contributed by atoms with E-state index in [-0.39, 0.29) is 0 Å². The number of rotatable bonds is 2. The molecule has 0 spiro atoms. The van der Waals surface area contributed by atoms with Crippen molar-refractivity contribution in [3.05, 3.63) is 29.3 Å². The molecule has 3 rings (SSSR count). The molecule has 1 saturated carbocycles. The van der Waals surface area contributed by atoms with Crippen LogP contribution < -0.4 is 4.90 Å². The van der Waals surface area contributed by atoms with Crippen LogP contribution in [0.25, 0.3) is 0 Å². The summed E-state index contributed by atoms with van der Waals surface area (Å²) in [6, 6.07) is 7.69. The number of hydrogen-bond donors (Lipinski definition) is 0. The van der Waals surface area contributed by atoms with E-state index in [1.165, 1.54) is 68.7 Å². The molecule has 0 bridgehead atoms. The zero-order valence-corrected chi connectivity index (χ0v) is 16.4. The summed E-state index contributed by atoms with van der Waals surface area (Å²) in [5.41, 5.74) is 4.73. The summed E-state index contributed by atoms with van der Waals surface area (Å²) in [7, 11) is 0. The normalized spacial score (nSPS) is 26.6. The van der Waals surface area contributed by atoms with Gasteiger partial charge in [-0.25, -0.2) is 0 Å². The topological polar surface area (TPSA) is 6.48 Å². The standard InChI is InChI=1S/C22H36N2/c1-17-6-7-18(2)21(16-17)24-14-12-23(13-15-24)20-10-8-19(9-11-20)22(3,4)5/h6-7,16,19-20H,8-15H2,1-5H3. The zero-order chi connectivity index (χ0) is 17.3. The van der Waals surface area contributed by atoms with Crippen LogP contribution in [0, 0.1) is 25.2 Å². The van der Waals surface area contributed by atoms with Crippen molar-refractivity contribution >= 4 is 5.69 Å². The van der Waals surface area contributed by atoms with Gasteiger partial charge < -0.3 is 4.90 Å². The van der Waals surface area contributed by atoms with Gasteiger partial charge in [-0.2, -0.15) is 0 Å². The van der Waals surface area contributed by atoms with E-state index >= 15 is 0 Å². The number of benzene rings is 1. The number of aryl methyl sites for hydroxylation is 2. The van der Waals surface area contributed by atoms with Gasteiger partial charge in [-0.1, -0.05) is 32.9 Å². The Kier molecular flexibility index (Phi) is 5.24. The summed E-state index contributed by atoms with van der Waals surface area (Å²) in [6.45, 7) is 16.5. The lowest BCUT2D eigenvalue weighted by Crippen LogP contribution is -2.51. The predicted molar refractivity (Wildman–Crippen MR) is 105 cm³/mol. The van der Waals surface area contributed by atoms with E-state index in [9.17, 15) is 0 Å². The van der Waals surface area contributed by atoms with Crippen molar-refractivity contribution < 1.29 is 0 Å². The minimum absolute atomic E-state index is 0.492. The highest BCUT2D eigenvalue weighted by molar-refractivity contribution is 5.55. The van der Waals surface area contributed by atoms with Gasteiger partial charge in [-0.15, -0.1) is 0 Å². The van der Waals surface area contributed by atoms with Gasteiger partial charge in [0, 0.05) is 37.9 Å². The average Bonchev–Trinajstić information content (AvgIpc) is 2.57. The second-order valence-corrected chi connectivity index (χ2v) is 9.18. The van der Waals surface area contributed by atoms with Crippen LogP contribution in [0.3, 0.4) is 0 Å². The highest BCUT2D eigenvalue weighted by atomic mass is 15.3. The molecule has 0 aromatic heterocycles. The smallest absolute Gasteiger partial charge is 0.0399 e. The van der Waals surface area contributed by atoms with Gasteiger partial charge in [0.2, 0.25) is 0 Å². The van der Waals surface area contributed by atoms with Crippen molar-refractivity contribution in [1.29, 1.82) is 0 Å². The van der Waals surface area contributed by atoms with E-state index in [0.717, 1.165) is 12.0 Å². The summed E-state index contributed by atoms with van der Waals surface area (Å²) < 4.78 is 0. The third-order valence-corrected chi connectivity index (χ3v) is 6.46. The van der Waals surface area contributed by atoms with Crippen LogP contribution in [-0.2, 0) is 0 Å². The van der Waals surface area contributed by atoms with Crippen molar-refractivity contribution in [1.82, 2.24) is 4.90 Å². The van der Waals surface area contributed by atoms with Gasteiger partial charge in [0.15, 0.2) is 0 Å². The second-order valence-electron chi connectivity index (χ2n) is 9.18. The number of piperazine rings is 1.